The highest BCUT2D eigenvalue weighted by Crippen LogP contribution is 2.46. The summed E-state index contributed by atoms with van der Waals surface area (Å²) < 4.78 is 71.2. The molecule has 9 rings (SSSR count). The summed E-state index contributed by atoms with van der Waals surface area (Å²) in [7, 11) is -9.32. The molecular weight excluding hydrogens is 713 g/mol. The second-order valence-electron chi connectivity index (χ2n) is 13.1. The van der Waals surface area contributed by atoms with Crippen molar-refractivity contribution in [3.05, 3.63) is 176 Å². The third-order valence-electron chi connectivity index (χ3n) is 9.92. The van der Waals surface area contributed by atoms with Crippen LogP contribution in [-0.4, -0.2) is 21.4 Å². The summed E-state index contributed by atoms with van der Waals surface area (Å²) in [5.41, 5.74) is 4.04. The number of hydrogen-bond donors (Lipinski definition) is 1. The molecule has 0 aliphatic carbocycles. The van der Waals surface area contributed by atoms with E-state index in [9.17, 15) is 13.0 Å². The average Bonchev–Trinajstić information content (AvgIpc) is 3.19. The van der Waals surface area contributed by atoms with Crippen LogP contribution < -0.4 is 4.18 Å². The lowest BCUT2D eigenvalue weighted by molar-refractivity contribution is 0.484. The van der Waals surface area contributed by atoms with Gasteiger partial charge < -0.3 is 4.18 Å². The first kappa shape index (κ1) is 33.5. The van der Waals surface area contributed by atoms with Gasteiger partial charge in [0.2, 0.25) is 0 Å². The zero-order valence-corrected chi connectivity index (χ0v) is 30.2. The molecule has 0 unspecified atom stereocenters. The van der Waals surface area contributed by atoms with E-state index in [0.29, 0.717) is 22.3 Å². The van der Waals surface area contributed by atoms with Crippen molar-refractivity contribution < 1.29 is 25.6 Å². The molecule has 9 aromatic rings. The van der Waals surface area contributed by atoms with Crippen molar-refractivity contribution in [2.24, 2.45) is 0 Å². The molecule has 0 spiro atoms. The first-order valence-corrected chi connectivity index (χ1v) is 20.1. The Morgan fingerprint density at radius 1 is 0.389 bits per heavy atom. The standard InChI is InChI=1S/C46H30O6S2/c47-53(48,49)45-27-26-44(40-21-7-8-22-41(40)45)52-54(50,51)46-42(38-24-10-16-31-13-2-5-19-35(31)38)28-33(37-23-9-15-30-12-1-4-18-34(30)37)29-43(46)39-25-11-17-32-14-3-6-20-36(32)39/h1-29H,(H,47,48,49). The van der Waals surface area contributed by atoms with Crippen LogP contribution in [0.4, 0.5) is 0 Å². The Morgan fingerprint density at radius 2 is 0.796 bits per heavy atom. The molecule has 0 atom stereocenters. The minimum absolute atomic E-state index is 0.0397. The highest BCUT2D eigenvalue weighted by atomic mass is 32.2. The predicted octanol–water partition coefficient (Wildman–Crippen LogP) is 11.3. The van der Waals surface area contributed by atoms with Crippen LogP contribution in [0.25, 0.3) is 76.5 Å². The topological polar surface area (TPSA) is 97.7 Å². The fourth-order valence-electron chi connectivity index (χ4n) is 7.55. The number of fused-ring (bicyclic) bond motifs is 4. The van der Waals surface area contributed by atoms with Gasteiger partial charge in [0.25, 0.3) is 10.1 Å². The highest BCUT2D eigenvalue weighted by Gasteiger charge is 2.30. The predicted molar refractivity (Wildman–Crippen MR) is 217 cm³/mol. The monoisotopic (exact) mass is 742 g/mol. The van der Waals surface area contributed by atoms with Crippen molar-refractivity contribution in [1.29, 1.82) is 0 Å². The number of rotatable bonds is 7. The minimum Gasteiger partial charge on any atom is -0.378 e. The van der Waals surface area contributed by atoms with Crippen LogP contribution in [0.5, 0.6) is 5.75 Å². The molecule has 262 valence electrons. The maximum absolute atomic E-state index is 15.3. The Morgan fingerprint density at radius 3 is 1.30 bits per heavy atom. The van der Waals surface area contributed by atoms with E-state index in [1.165, 1.54) is 12.1 Å². The van der Waals surface area contributed by atoms with Gasteiger partial charge in [-0.15, -0.1) is 0 Å². The summed E-state index contributed by atoms with van der Waals surface area (Å²) in [6.45, 7) is 0. The van der Waals surface area contributed by atoms with Crippen LogP contribution in [-0.2, 0) is 20.2 Å². The molecule has 0 aromatic heterocycles. The van der Waals surface area contributed by atoms with E-state index in [-0.39, 0.29) is 26.3 Å². The van der Waals surface area contributed by atoms with Gasteiger partial charge in [-0.1, -0.05) is 152 Å². The lowest BCUT2D eigenvalue weighted by Crippen LogP contribution is -2.14. The highest BCUT2D eigenvalue weighted by molar-refractivity contribution is 7.87. The van der Waals surface area contributed by atoms with Gasteiger partial charge in [-0.25, -0.2) is 0 Å². The normalized spacial score (nSPS) is 12.1. The van der Waals surface area contributed by atoms with Crippen molar-refractivity contribution in [3.8, 4) is 39.1 Å². The molecule has 0 saturated heterocycles. The van der Waals surface area contributed by atoms with Crippen LogP contribution in [0.3, 0.4) is 0 Å². The quantitative estimate of drug-likeness (QED) is 0.129. The third-order valence-corrected chi connectivity index (χ3v) is 12.2. The zero-order chi connectivity index (χ0) is 37.0. The molecule has 0 fully saturated rings. The van der Waals surface area contributed by atoms with Gasteiger partial charge in [0.1, 0.15) is 9.79 Å². The van der Waals surface area contributed by atoms with Gasteiger partial charge in [0.05, 0.1) is 0 Å². The maximum Gasteiger partial charge on any atom is 0.340 e. The SMILES string of the molecule is O=S(=O)(O)c1ccc(OS(=O)(=O)c2c(-c3cccc4ccccc34)cc(-c3cccc4ccccc34)cc2-c2cccc3ccccc23)c2ccccc12. The first-order chi connectivity index (χ1) is 26.2. The van der Waals surface area contributed by atoms with E-state index >= 15 is 8.42 Å². The second-order valence-corrected chi connectivity index (χ2v) is 16.0. The molecule has 54 heavy (non-hydrogen) atoms. The molecule has 6 nitrogen and oxygen atoms in total. The molecule has 0 radical (unpaired) electrons. The fourth-order valence-corrected chi connectivity index (χ4v) is 9.59. The molecule has 0 amide bonds. The largest absolute Gasteiger partial charge is 0.378 e. The van der Waals surface area contributed by atoms with Gasteiger partial charge in [0.15, 0.2) is 5.75 Å². The summed E-state index contributed by atoms with van der Waals surface area (Å²) in [6.07, 6.45) is 0. The Hall–Kier alpha value is -6.32. The van der Waals surface area contributed by atoms with Crippen molar-refractivity contribution >= 4 is 63.3 Å². The van der Waals surface area contributed by atoms with Crippen LogP contribution in [0.15, 0.2) is 186 Å². The Bertz CT molecular complexity index is 3070. The molecule has 0 aliphatic rings. The molecule has 0 bridgehead atoms. The van der Waals surface area contributed by atoms with Crippen LogP contribution in [0, 0.1) is 0 Å². The van der Waals surface area contributed by atoms with Crippen LogP contribution in [0.2, 0.25) is 0 Å². The van der Waals surface area contributed by atoms with Crippen molar-refractivity contribution in [1.82, 2.24) is 0 Å². The minimum atomic E-state index is -4.70. The summed E-state index contributed by atoms with van der Waals surface area (Å²) in [6, 6.07) is 54.2. The number of benzene rings is 9. The fraction of sp³-hybridized carbons (Fsp3) is 0. The molecule has 9 aromatic carbocycles. The van der Waals surface area contributed by atoms with Crippen molar-refractivity contribution in [3.63, 3.8) is 0 Å². The molecule has 1 N–H and O–H groups in total. The molecule has 0 aliphatic heterocycles. The van der Waals surface area contributed by atoms with Gasteiger partial charge in [-0.3, -0.25) is 4.55 Å². The summed E-state index contributed by atoms with van der Waals surface area (Å²) >= 11 is 0. The van der Waals surface area contributed by atoms with Crippen LogP contribution in [0.1, 0.15) is 0 Å². The van der Waals surface area contributed by atoms with Crippen LogP contribution >= 0.6 is 0 Å². The second kappa shape index (κ2) is 13.0. The summed E-state index contributed by atoms with van der Waals surface area (Å²) in [4.78, 5) is -0.391. The average molecular weight is 743 g/mol. The van der Waals surface area contributed by atoms with E-state index in [1.807, 2.05) is 121 Å². The Labute approximate surface area is 312 Å². The molecular formula is C46H30O6S2. The summed E-state index contributed by atoms with van der Waals surface area (Å²) in [5.74, 6) is -0.0798. The molecule has 0 heterocycles. The molecule has 0 saturated carbocycles. The van der Waals surface area contributed by atoms with Gasteiger partial charge >= 0.3 is 10.1 Å². The zero-order valence-electron chi connectivity index (χ0n) is 28.5. The molecule has 8 heteroatoms. The van der Waals surface area contributed by atoms with Crippen molar-refractivity contribution in [2.45, 2.75) is 9.79 Å². The Balaban J connectivity index is 1.41. The van der Waals surface area contributed by atoms with E-state index in [0.717, 1.165) is 49.5 Å². The van der Waals surface area contributed by atoms with E-state index in [1.54, 1.807) is 18.2 Å². The third kappa shape index (κ3) is 5.77. The van der Waals surface area contributed by atoms with Gasteiger partial charge in [0, 0.05) is 21.9 Å². The van der Waals surface area contributed by atoms with Crippen molar-refractivity contribution in [2.75, 3.05) is 0 Å². The smallest absolute Gasteiger partial charge is 0.340 e. The van der Waals surface area contributed by atoms with E-state index in [2.05, 4.69) is 18.2 Å². The lowest BCUT2D eigenvalue weighted by Gasteiger charge is -2.21. The Kier molecular flexibility index (Phi) is 8.05. The lowest BCUT2D eigenvalue weighted by atomic mass is 9.88. The van der Waals surface area contributed by atoms with E-state index < -0.39 is 20.2 Å². The number of hydrogen-bond acceptors (Lipinski definition) is 5. The van der Waals surface area contributed by atoms with Gasteiger partial charge in [-0.2, -0.15) is 16.8 Å². The maximum atomic E-state index is 15.3. The first-order valence-electron chi connectivity index (χ1n) is 17.2. The summed E-state index contributed by atoms with van der Waals surface area (Å²) in [5, 5.41) is 6.00. The van der Waals surface area contributed by atoms with E-state index in [4.69, 9.17) is 4.18 Å². The van der Waals surface area contributed by atoms with Gasteiger partial charge in [-0.05, 0) is 78.8 Å².